The van der Waals surface area contributed by atoms with E-state index in [0.29, 0.717) is 30.6 Å². The summed E-state index contributed by atoms with van der Waals surface area (Å²) >= 11 is 0. The number of sulfonamides is 1. The molecule has 3 rings (SSSR count). The first-order chi connectivity index (χ1) is 12.9. The molecular formula is C20H23FN2O3S. The fraction of sp³-hybridized carbons (Fsp3) is 0.350. The number of nitrogens with zero attached hydrogens (tertiary/aromatic N) is 1. The van der Waals surface area contributed by atoms with Crippen LogP contribution in [-0.2, 0) is 27.0 Å². The predicted octanol–water partition coefficient (Wildman–Crippen LogP) is 3.85. The minimum absolute atomic E-state index is 0.112. The highest BCUT2D eigenvalue weighted by Gasteiger charge is 2.24. The maximum atomic E-state index is 13.0. The summed E-state index contributed by atoms with van der Waals surface area (Å²) in [6, 6.07) is 10.7. The van der Waals surface area contributed by atoms with Crippen LogP contribution in [0.5, 0.6) is 0 Å². The van der Waals surface area contributed by atoms with E-state index in [1.807, 2.05) is 0 Å². The fourth-order valence-corrected chi connectivity index (χ4v) is 4.39. The first-order valence-electron chi connectivity index (χ1n) is 9.06. The van der Waals surface area contributed by atoms with Gasteiger partial charge >= 0.3 is 0 Å². The van der Waals surface area contributed by atoms with Gasteiger partial charge in [-0.3, -0.25) is 9.52 Å². The van der Waals surface area contributed by atoms with Crippen molar-refractivity contribution in [3.05, 3.63) is 59.4 Å². The number of carbonyl (C=O) groups is 1. The maximum absolute atomic E-state index is 13.0. The molecule has 5 nitrogen and oxygen atoms in total. The normalized spacial score (nSPS) is 14.1. The van der Waals surface area contributed by atoms with Crippen molar-refractivity contribution in [3.63, 3.8) is 0 Å². The van der Waals surface area contributed by atoms with E-state index in [9.17, 15) is 17.6 Å². The number of unbranched alkanes of at least 4 members (excludes halogenated alkanes) is 1. The van der Waals surface area contributed by atoms with E-state index in [1.54, 1.807) is 23.1 Å². The van der Waals surface area contributed by atoms with Crippen molar-refractivity contribution in [1.82, 2.24) is 0 Å². The average Bonchev–Trinajstić information content (AvgIpc) is 2.62. The van der Waals surface area contributed by atoms with Crippen molar-refractivity contribution >= 4 is 27.3 Å². The quantitative estimate of drug-likeness (QED) is 0.781. The zero-order valence-corrected chi connectivity index (χ0v) is 16.1. The molecule has 144 valence electrons. The van der Waals surface area contributed by atoms with Crippen LogP contribution in [0.3, 0.4) is 0 Å². The Bertz CT molecular complexity index is 927. The lowest BCUT2D eigenvalue weighted by Crippen LogP contribution is -2.35. The summed E-state index contributed by atoms with van der Waals surface area (Å²) < 4.78 is 40.4. The Morgan fingerprint density at radius 1 is 1.11 bits per heavy atom. The molecule has 0 unspecified atom stereocenters. The van der Waals surface area contributed by atoms with Crippen LogP contribution in [0.15, 0.2) is 42.5 Å². The average molecular weight is 390 g/mol. The number of aryl methyl sites for hydroxylation is 1. The van der Waals surface area contributed by atoms with E-state index in [0.717, 1.165) is 24.1 Å². The van der Waals surface area contributed by atoms with E-state index in [-0.39, 0.29) is 11.7 Å². The fourth-order valence-electron chi connectivity index (χ4n) is 3.20. The molecule has 1 heterocycles. The number of hydrogen-bond acceptors (Lipinski definition) is 3. The molecule has 0 atom stereocenters. The van der Waals surface area contributed by atoms with Gasteiger partial charge in [0.2, 0.25) is 15.9 Å². The monoisotopic (exact) mass is 390 g/mol. The number of carbonyl (C=O) groups excluding carboxylic acids is 1. The third-order valence-electron chi connectivity index (χ3n) is 4.56. The van der Waals surface area contributed by atoms with Gasteiger partial charge in [-0.25, -0.2) is 12.8 Å². The van der Waals surface area contributed by atoms with Crippen molar-refractivity contribution in [2.45, 2.75) is 38.4 Å². The molecule has 2 aromatic carbocycles. The third-order valence-corrected chi connectivity index (χ3v) is 5.82. The van der Waals surface area contributed by atoms with E-state index < -0.39 is 15.8 Å². The van der Waals surface area contributed by atoms with Gasteiger partial charge in [0, 0.05) is 24.3 Å². The lowest BCUT2D eigenvalue weighted by Gasteiger charge is -2.29. The zero-order valence-electron chi connectivity index (χ0n) is 15.2. The predicted molar refractivity (Wildman–Crippen MR) is 105 cm³/mol. The van der Waals surface area contributed by atoms with Gasteiger partial charge in [-0.1, -0.05) is 25.5 Å². The topological polar surface area (TPSA) is 66.5 Å². The maximum Gasteiger partial charge on any atom is 0.236 e. The van der Waals surface area contributed by atoms with Crippen molar-refractivity contribution in [2.24, 2.45) is 0 Å². The Hall–Kier alpha value is -2.41. The molecular weight excluding hydrogens is 367 g/mol. The second kappa shape index (κ2) is 8.08. The molecule has 27 heavy (non-hydrogen) atoms. The number of rotatable bonds is 7. The highest BCUT2D eigenvalue weighted by atomic mass is 32.2. The number of anilines is 2. The molecule has 0 radical (unpaired) electrons. The van der Waals surface area contributed by atoms with Crippen LogP contribution in [0.1, 0.15) is 37.3 Å². The summed E-state index contributed by atoms with van der Waals surface area (Å²) in [7, 11) is -3.62. The molecule has 2 aromatic rings. The van der Waals surface area contributed by atoms with Crippen molar-refractivity contribution in [3.8, 4) is 0 Å². The minimum atomic E-state index is -3.62. The lowest BCUT2D eigenvalue weighted by atomic mass is 10.00. The number of hydrogen-bond donors (Lipinski definition) is 1. The van der Waals surface area contributed by atoms with Crippen LogP contribution in [0.4, 0.5) is 15.8 Å². The second-order valence-electron chi connectivity index (χ2n) is 6.73. The third kappa shape index (κ3) is 4.86. The summed E-state index contributed by atoms with van der Waals surface area (Å²) in [4.78, 5) is 14.0. The molecule has 0 aromatic heterocycles. The summed E-state index contributed by atoms with van der Waals surface area (Å²) in [6.45, 7) is 2.76. The summed E-state index contributed by atoms with van der Waals surface area (Å²) in [6.07, 6.45) is 2.96. The van der Waals surface area contributed by atoms with Gasteiger partial charge in [0.15, 0.2) is 0 Å². The molecule has 1 aliphatic heterocycles. The van der Waals surface area contributed by atoms with Crippen molar-refractivity contribution in [2.75, 3.05) is 16.2 Å². The largest absolute Gasteiger partial charge is 0.312 e. The molecule has 7 heteroatoms. The van der Waals surface area contributed by atoms with Crippen LogP contribution in [-0.4, -0.2) is 20.9 Å². The lowest BCUT2D eigenvalue weighted by molar-refractivity contribution is -0.118. The van der Waals surface area contributed by atoms with Crippen LogP contribution in [0.25, 0.3) is 0 Å². The number of nitrogens with one attached hydrogen (secondary N) is 1. The molecule has 0 spiro atoms. The molecule has 0 aliphatic carbocycles. The van der Waals surface area contributed by atoms with Gasteiger partial charge in [0.25, 0.3) is 0 Å². The van der Waals surface area contributed by atoms with E-state index >= 15 is 0 Å². The SMILES string of the molecule is CCCCN1C(=O)CCc2cc(NS(=O)(=O)Cc3ccc(F)cc3)ccc21. The Labute approximate surface area is 159 Å². The van der Waals surface area contributed by atoms with E-state index in [4.69, 9.17) is 0 Å². The molecule has 0 saturated carbocycles. The molecule has 1 aliphatic rings. The van der Waals surface area contributed by atoms with Crippen LogP contribution < -0.4 is 9.62 Å². The number of fused-ring (bicyclic) bond motifs is 1. The van der Waals surface area contributed by atoms with Crippen LogP contribution in [0, 0.1) is 5.82 Å². The van der Waals surface area contributed by atoms with E-state index in [2.05, 4.69) is 11.6 Å². The van der Waals surface area contributed by atoms with Gasteiger partial charge in [0.1, 0.15) is 5.82 Å². The molecule has 0 fully saturated rings. The number of benzene rings is 2. The molecule has 0 saturated heterocycles. The van der Waals surface area contributed by atoms with Gasteiger partial charge in [-0.2, -0.15) is 0 Å². The van der Waals surface area contributed by atoms with Crippen molar-refractivity contribution in [1.29, 1.82) is 0 Å². The van der Waals surface area contributed by atoms with Crippen LogP contribution >= 0.6 is 0 Å². The van der Waals surface area contributed by atoms with Gasteiger partial charge in [0.05, 0.1) is 5.75 Å². The molecule has 1 amide bonds. The smallest absolute Gasteiger partial charge is 0.236 e. The molecule has 0 bridgehead atoms. The van der Waals surface area contributed by atoms with Crippen LogP contribution in [0.2, 0.25) is 0 Å². The number of amides is 1. The first kappa shape index (κ1) is 19.4. The minimum Gasteiger partial charge on any atom is -0.312 e. The summed E-state index contributed by atoms with van der Waals surface area (Å²) in [5, 5.41) is 0. The van der Waals surface area contributed by atoms with Gasteiger partial charge in [-0.05, 0) is 54.3 Å². The highest BCUT2D eigenvalue weighted by molar-refractivity contribution is 7.91. The Balaban J connectivity index is 1.76. The standard InChI is InChI=1S/C20H23FN2O3S/c1-2-3-12-23-19-10-9-18(13-16(19)6-11-20(23)24)22-27(25,26)14-15-4-7-17(21)8-5-15/h4-5,7-10,13,22H,2-3,6,11-12,14H2,1H3. The van der Waals surface area contributed by atoms with Crippen molar-refractivity contribution < 1.29 is 17.6 Å². The summed E-state index contributed by atoms with van der Waals surface area (Å²) in [5.74, 6) is -0.521. The van der Waals surface area contributed by atoms with E-state index in [1.165, 1.54) is 24.3 Å². The zero-order chi connectivity index (χ0) is 19.4. The Morgan fingerprint density at radius 2 is 1.85 bits per heavy atom. The second-order valence-corrected chi connectivity index (χ2v) is 8.45. The highest BCUT2D eigenvalue weighted by Crippen LogP contribution is 2.31. The Kier molecular flexibility index (Phi) is 5.79. The molecule has 1 N–H and O–H groups in total. The summed E-state index contributed by atoms with van der Waals surface area (Å²) in [5.41, 5.74) is 2.81. The first-order valence-corrected chi connectivity index (χ1v) is 10.7. The number of halogens is 1. The Morgan fingerprint density at radius 3 is 2.56 bits per heavy atom. The van der Waals surface area contributed by atoms with Gasteiger partial charge < -0.3 is 4.90 Å². The van der Waals surface area contributed by atoms with Gasteiger partial charge in [-0.15, -0.1) is 0 Å².